The van der Waals surface area contributed by atoms with Gasteiger partial charge in [-0.2, -0.15) is 0 Å². The van der Waals surface area contributed by atoms with E-state index in [0.717, 1.165) is 5.92 Å². The van der Waals surface area contributed by atoms with Gasteiger partial charge in [-0.25, -0.2) is 0 Å². The van der Waals surface area contributed by atoms with E-state index in [9.17, 15) is 0 Å². The van der Waals surface area contributed by atoms with Gasteiger partial charge in [-0.1, -0.05) is 13.8 Å². The van der Waals surface area contributed by atoms with Crippen LogP contribution in [0.5, 0.6) is 0 Å². The Morgan fingerprint density at radius 2 is 1.86 bits per heavy atom. The number of hydrogen-bond acceptors (Lipinski definition) is 1. The summed E-state index contributed by atoms with van der Waals surface area (Å²) in [4.78, 5) is 0. The highest BCUT2D eigenvalue weighted by Crippen LogP contribution is 2.67. The fourth-order valence-corrected chi connectivity index (χ4v) is 4.12. The molecule has 2 aliphatic carbocycles. The lowest BCUT2D eigenvalue weighted by atomic mass is 9.66. The van der Waals surface area contributed by atoms with Crippen LogP contribution in [-0.4, -0.2) is 13.1 Å². The summed E-state index contributed by atoms with van der Waals surface area (Å²) >= 11 is 0. The zero-order valence-corrected chi connectivity index (χ0v) is 10.2. The molecule has 2 saturated carbocycles. The Morgan fingerprint density at radius 3 is 2.21 bits per heavy atom. The molecule has 82 valence electrons. The fourth-order valence-electron chi connectivity index (χ4n) is 4.12. The van der Waals surface area contributed by atoms with E-state index in [1.165, 1.54) is 32.1 Å². The standard InChI is InChI=1S/C13H25N/c1-10(14-4)9-13-7-5-11(6-8-13)12(13,2)3/h10-11,14H,5-9H2,1-4H3. The Hall–Kier alpha value is -0.0400. The van der Waals surface area contributed by atoms with Crippen molar-refractivity contribution in [2.24, 2.45) is 16.7 Å². The van der Waals surface area contributed by atoms with Crippen LogP contribution in [0.2, 0.25) is 0 Å². The van der Waals surface area contributed by atoms with Gasteiger partial charge in [0.05, 0.1) is 0 Å². The molecule has 0 saturated heterocycles. The molecule has 0 heterocycles. The zero-order chi connectivity index (χ0) is 10.4. The summed E-state index contributed by atoms with van der Waals surface area (Å²) < 4.78 is 0. The van der Waals surface area contributed by atoms with Crippen LogP contribution in [0, 0.1) is 16.7 Å². The van der Waals surface area contributed by atoms with Crippen LogP contribution in [0.25, 0.3) is 0 Å². The van der Waals surface area contributed by atoms with Crippen molar-refractivity contribution in [1.29, 1.82) is 0 Å². The van der Waals surface area contributed by atoms with Gasteiger partial charge in [0, 0.05) is 6.04 Å². The highest BCUT2D eigenvalue weighted by molar-refractivity contribution is 5.08. The normalized spacial score (nSPS) is 41.6. The van der Waals surface area contributed by atoms with Gasteiger partial charge in [0.25, 0.3) is 0 Å². The van der Waals surface area contributed by atoms with Crippen molar-refractivity contribution in [3.63, 3.8) is 0 Å². The maximum absolute atomic E-state index is 3.41. The van der Waals surface area contributed by atoms with Crippen molar-refractivity contribution in [3.05, 3.63) is 0 Å². The van der Waals surface area contributed by atoms with E-state index in [2.05, 4.69) is 33.1 Å². The van der Waals surface area contributed by atoms with Crippen molar-refractivity contribution >= 4 is 0 Å². The largest absolute Gasteiger partial charge is 0.317 e. The van der Waals surface area contributed by atoms with E-state index >= 15 is 0 Å². The van der Waals surface area contributed by atoms with E-state index in [1.54, 1.807) is 0 Å². The molecule has 2 bridgehead atoms. The van der Waals surface area contributed by atoms with Gasteiger partial charge in [-0.05, 0) is 62.8 Å². The Labute approximate surface area is 88.7 Å². The van der Waals surface area contributed by atoms with Crippen LogP contribution in [0.15, 0.2) is 0 Å². The van der Waals surface area contributed by atoms with E-state index in [1.807, 2.05) is 0 Å². The summed E-state index contributed by atoms with van der Waals surface area (Å²) in [7, 11) is 2.09. The zero-order valence-electron chi connectivity index (χ0n) is 10.2. The molecule has 1 unspecified atom stereocenters. The number of rotatable bonds is 3. The molecule has 0 aliphatic heterocycles. The van der Waals surface area contributed by atoms with Gasteiger partial charge in [-0.3, -0.25) is 0 Å². The number of nitrogens with one attached hydrogen (secondary N) is 1. The van der Waals surface area contributed by atoms with E-state index < -0.39 is 0 Å². The Balaban J connectivity index is 2.15. The molecule has 1 N–H and O–H groups in total. The highest BCUT2D eigenvalue weighted by atomic mass is 14.9. The predicted molar refractivity (Wildman–Crippen MR) is 61.3 cm³/mol. The third-order valence-corrected chi connectivity index (χ3v) is 5.52. The average Bonchev–Trinajstić information content (AvgIpc) is 2.52. The fraction of sp³-hybridized carbons (Fsp3) is 1.00. The first-order chi connectivity index (χ1) is 6.52. The summed E-state index contributed by atoms with van der Waals surface area (Å²) in [5.74, 6) is 1.02. The molecule has 2 aliphatic rings. The molecule has 1 atom stereocenters. The smallest absolute Gasteiger partial charge is 0.00412 e. The first-order valence-corrected chi connectivity index (χ1v) is 6.19. The Bertz CT molecular complexity index is 211. The molecule has 1 nitrogen and oxygen atoms in total. The molecular formula is C13H25N. The molecule has 0 radical (unpaired) electrons. The lowest BCUT2D eigenvalue weighted by Crippen LogP contribution is -2.37. The lowest BCUT2D eigenvalue weighted by molar-refractivity contribution is 0.104. The molecule has 14 heavy (non-hydrogen) atoms. The van der Waals surface area contributed by atoms with Gasteiger partial charge < -0.3 is 5.32 Å². The third-order valence-electron chi connectivity index (χ3n) is 5.52. The van der Waals surface area contributed by atoms with Crippen molar-refractivity contribution in [1.82, 2.24) is 5.32 Å². The topological polar surface area (TPSA) is 12.0 Å². The van der Waals surface area contributed by atoms with E-state index in [4.69, 9.17) is 0 Å². The molecule has 0 spiro atoms. The SMILES string of the molecule is CNC(C)CC12CCC(CC1)C2(C)C. The minimum Gasteiger partial charge on any atom is -0.317 e. The van der Waals surface area contributed by atoms with Crippen LogP contribution in [0.4, 0.5) is 0 Å². The van der Waals surface area contributed by atoms with Crippen molar-refractivity contribution in [2.45, 2.75) is 58.9 Å². The van der Waals surface area contributed by atoms with Crippen LogP contribution in [-0.2, 0) is 0 Å². The molecular weight excluding hydrogens is 170 g/mol. The quantitative estimate of drug-likeness (QED) is 0.729. The summed E-state index contributed by atoms with van der Waals surface area (Å²) in [6, 6.07) is 0.686. The Kier molecular flexibility index (Phi) is 2.42. The van der Waals surface area contributed by atoms with E-state index in [0.29, 0.717) is 16.9 Å². The highest BCUT2D eigenvalue weighted by Gasteiger charge is 2.58. The van der Waals surface area contributed by atoms with Gasteiger partial charge in [0.15, 0.2) is 0 Å². The molecule has 0 aromatic rings. The van der Waals surface area contributed by atoms with Crippen LogP contribution < -0.4 is 5.32 Å². The summed E-state index contributed by atoms with van der Waals surface area (Å²) in [6.07, 6.45) is 7.33. The average molecular weight is 195 g/mol. The van der Waals surface area contributed by atoms with Gasteiger partial charge in [0.1, 0.15) is 0 Å². The molecule has 0 aromatic carbocycles. The maximum atomic E-state index is 3.41. The first kappa shape index (κ1) is 10.5. The van der Waals surface area contributed by atoms with Crippen LogP contribution in [0.3, 0.4) is 0 Å². The molecule has 1 heteroatoms. The second-order valence-electron chi connectivity index (χ2n) is 6.17. The van der Waals surface area contributed by atoms with Gasteiger partial charge in [-0.15, -0.1) is 0 Å². The molecule has 2 rings (SSSR count). The minimum atomic E-state index is 0.609. The van der Waals surface area contributed by atoms with Crippen molar-refractivity contribution in [2.75, 3.05) is 7.05 Å². The predicted octanol–water partition coefficient (Wildman–Crippen LogP) is 3.20. The van der Waals surface area contributed by atoms with Gasteiger partial charge in [0.2, 0.25) is 0 Å². The van der Waals surface area contributed by atoms with E-state index in [-0.39, 0.29) is 0 Å². The molecule has 0 aromatic heterocycles. The monoisotopic (exact) mass is 195 g/mol. The summed E-state index contributed by atoms with van der Waals surface area (Å²) in [5.41, 5.74) is 1.28. The molecule has 2 fully saturated rings. The van der Waals surface area contributed by atoms with Crippen molar-refractivity contribution < 1.29 is 0 Å². The Morgan fingerprint density at radius 1 is 1.29 bits per heavy atom. The lowest BCUT2D eigenvalue weighted by Gasteiger charge is -2.40. The number of fused-ring (bicyclic) bond motifs is 2. The summed E-state index contributed by atoms with van der Waals surface area (Å²) in [5, 5.41) is 3.41. The van der Waals surface area contributed by atoms with Crippen LogP contribution >= 0.6 is 0 Å². The van der Waals surface area contributed by atoms with Crippen LogP contribution in [0.1, 0.15) is 52.9 Å². The second kappa shape index (κ2) is 3.23. The second-order valence-corrected chi connectivity index (χ2v) is 6.17. The first-order valence-electron chi connectivity index (χ1n) is 6.19. The molecule has 0 amide bonds. The number of hydrogen-bond donors (Lipinski definition) is 1. The summed E-state index contributed by atoms with van der Waals surface area (Å²) in [6.45, 7) is 7.36. The maximum Gasteiger partial charge on any atom is 0.00412 e. The van der Waals surface area contributed by atoms with Crippen molar-refractivity contribution in [3.8, 4) is 0 Å². The van der Waals surface area contributed by atoms with Gasteiger partial charge >= 0.3 is 0 Å². The minimum absolute atomic E-state index is 0.609. The third kappa shape index (κ3) is 1.25.